The van der Waals surface area contributed by atoms with E-state index in [0.29, 0.717) is 13.2 Å². The van der Waals surface area contributed by atoms with Gasteiger partial charge in [-0.05, 0) is 12.0 Å². The molecule has 3 heterocycles. The fourth-order valence-corrected chi connectivity index (χ4v) is 3.04. The van der Waals surface area contributed by atoms with Crippen molar-refractivity contribution in [3.63, 3.8) is 0 Å². The number of aliphatic hydroxyl groups excluding tert-OH is 1. The maximum absolute atomic E-state index is 9.23. The number of nitrogens with zero attached hydrogens (tertiary/aromatic N) is 4. The Hall–Kier alpha value is -2.51. The predicted molar refractivity (Wildman–Crippen MR) is 89.6 cm³/mol. The molecule has 1 unspecified atom stereocenters. The lowest BCUT2D eigenvalue weighted by molar-refractivity contribution is 0.0576. The van der Waals surface area contributed by atoms with Crippen molar-refractivity contribution in [2.24, 2.45) is 0 Å². The Morgan fingerprint density at radius 2 is 2.08 bits per heavy atom. The van der Waals surface area contributed by atoms with E-state index in [1.165, 1.54) is 5.56 Å². The highest BCUT2D eigenvalue weighted by molar-refractivity contribution is 5.82. The van der Waals surface area contributed by atoms with E-state index >= 15 is 0 Å². The molecule has 0 spiro atoms. The molecular formula is C17H19N5O2. The minimum absolute atomic E-state index is 0.0436. The molecule has 0 radical (unpaired) electrons. The lowest BCUT2D eigenvalue weighted by Gasteiger charge is -2.11. The Kier molecular flexibility index (Phi) is 4.10. The van der Waals surface area contributed by atoms with Gasteiger partial charge in [-0.1, -0.05) is 30.3 Å². The average Bonchev–Trinajstić information content (AvgIpc) is 3.27. The fourth-order valence-electron chi connectivity index (χ4n) is 3.04. The first-order valence-electron chi connectivity index (χ1n) is 8.03. The number of aliphatic hydroxyl groups is 1. The topological polar surface area (TPSA) is 85.1 Å². The van der Waals surface area contributed by atoms with Crippen LogP contribution in [0.4, 0.5) is 5.82 Å². The number of rotatable bonds is 5. The summed E-state index contributed by atoms with van der Waals surface area (Å²) in [6.45, 7) is 1.29. The molecule has 1 saturated heterocycles. The summed E-state index contributed by atoms with van der Waals surface area (Å²) in [7, 11) is 0. The van der Waals surface area contributed by atoms with Crippen LogP contribution in [0.3, 0.4) is 0 Å². The number of imidazole rings is 1. The maximum Gasteiger partial charge on any atom is 0.165 e. The van der Waals surface area contributed by atoms with Crippen LogP contribution in [0.5, 0.6) is 0 Å². The Balaban J connectivity index is 1.57. The van der Waals surface area contributed by atoms with Gasteiger partial charge in [-0.25, -0.2) is 15.0 Å². The molecule has 2 atom stereocenters. The van der Waals surface area contributed by atoms with E-state index in [4.69, 9.17) is 4.74 Å². The van der Waals surface area contributed by atoms with Gasteiger partial charge in [0.05, 0.1) is 31.7 Å². The van der Waals surface area contributed by atoms with E-state index in [9.17, 15) is 5.11 Å². The van der Waals surface area contributed by atoms with Gasteiger partial charge >= 0.3 is 0 Å². The molecule has 0 amide bonds. The van der Waals surface area contributed by atoms with Crippen LogP contribution in [0.15, 0.2) is 43.0 Å². The van der Waals surface area contributed by atoms with Crippen molar-refractivity contribution in [2.75, 3.05) is 18.5 Å². The van der Waals surface area contributed by atoms with Crippen molar-refractivity contribution < 1.29 is 9.84 Å². The summed E-state index contributed by atoms with van der Waals surface area (Å²) in [4.78, 5) is 13.2. The molecule has 124 valence electrons. The molecule has 0 aliphatic carbocycles. The first kappa shape index (κ1) is 15.0. The van der Waals surface area contributed by atoms with Crippen molar-refractivity contribution in [3.05, 3.63) is 48.5 Å². The van der Waals surface area contributed by atoms with Crippen molar-refractivity contribution >= 4 is 17.0 Å². The Morgan fingerprint density at radius 1 is 1.21 bits per heavy atom. The third kappa shape index (κ3) is 2.83. The highest BCUT2D eigenvalue weighted by Gasteiger charge is 2.27. The van der Waals surface area contributed by atoms with E-state index in [1.54, 1.807) is 12.7 Å². The molecule has 2 aromatic heterocycles. The van der Waals surface area contributed by atoms with E-state index in [1.807, 2.05) is 22.8 Å². The number of fused-ring (bicyclic) bond motifs is 1. The summed E-state index contributed by atoms with van der Waals surface area (Å²) in [5, 5.41) is 12.6. The van der Waals surface area contributed by atoms with Gasteiger partial charge in [-0.15, -0.1) is 0 Å². The van der Waals surface area contributed by atoms with Crippen molar-refractivity contribution in [1.29, 1.82) is 0 Å². The fraction of sp³-hybridized carbons (Fsp3) is 0.353. The van der Waals surface area contributed by atoms with Crippen LogP contribution in [0.2, 0.25) is 0 Å². The number of hydrogen-bond acceptors (Lipinski definition) is 6. The largest absolute Gasteiger partial charge is 0.394 e. The molecule has 0 bridgehead atoms. The second kappa shape index (κ2) is 6.54. The molecular weight excluding hydrogens is 306 g/mol. The highest BCUT2D eigenvalue weighted by atomic mass is 16.5. The molecule has 2 N–H and O–H groups in total. The van der Waals surface area contributed by atoms with E-state index in [2.05, 4.69) is 32.4 Å². The first-order valence-corrected chi connectivity index (χ1v) is 8.03. The molecule has 4 rings (SSSR count). The summed E-state index contributed by atoms with van der Waals surface area (Å²) in [6, 6.07) is 10.3. The molecule has 24 heavy (non-hydrogen) atoms. The summed E-state index contributed by atoms with van der Waals surface area (Å²) in [6.07, 6.45) is 3.98. The average molecular weight is 325 g/mol. The van der Waals surface area contributed by atoms with Crippen LogP contribution < -0.4 is 5.32 Å². The van der Waals surface area contributed by atoms with Crippen LogP contribution in [0.25, 0.3) is 11.2 Å². The Bertz CT molecular complexity index is 820. The number of hydrogen-bond donors (Lipinski definition) is 2. The van der Waals surface area contributed by atoms with Crippen LogP contribution in [0.1, 0.15) is 18.0 Å². The van der Waals surface area contributed by atoms with Crippen LogP contribution in [-0.4, -0.2) is 43.9 Å². The van der Waals surface area contributed by atoms with Crippen molar-refractivity contribution in [2.45, 2.75) is 25.1 Å². The lowest BCUT2D eigenvalue weighted by Crippen LogP contribution is -2.11. The SMILES string of the molecule is OC[C@@H]1CC(n2cnc3c(NCc4ccccc4)ncnc32)CO1. The number of anilines is 1. The third-order valence-electron chi connectivity index (χ3n) is 4.32. The lowest BCUT2D eigenvalue weighted by atomic mass is 10.2. The zero-order chi connectivity index (χ0) is 16.4. The van der Waals surface area contributed by atoms with Crippen LogP contribution in [-0.2, 0) is 11.3 Å². The van der Waals surface area contributed by atoms with Gasteiger partial charge in [0.2, 0.25) is 0 Å². The molecule has 7 heteroatoms. The second-order valence-electron chi connectivity index (χ2n) is 5.91. The number of nitrogens with one attached hydrogen (secondary N) is 1. The third-order valence-corrected chi connectivity index (χ3v) is 4.32. The second-order valence-corrected chi connectivity index (χ2v) is 5.91. The number of ether oxygens (including phenoxy) is 1. The van der Waals surface area contributed by atoms with Gasteiger partial charge in [0, 0.05) is 6.54 Å². The van der Waals surface area contributed by atoms with Gasteiger partial charge in [0.15, 0.2) is 11.5 Å². The maximum atomic E-state index is 9.23. The van der Waals surface area contributed by atoms with Gasteiger partial charge < -0.3 is 19.7 Å². The smallest absolute Gasteiger partial charge is 0.165 e. The van der Waals surface area contributed by atoms with Crippen LogP contribution >= 0.6 is 0 Å². The number of benzene rings is 1. The molecule has 0 saturated carbocycles. The molecule has 1 fully saturated rings. The minimum atomic E-state index is -0.107. The molecule has 1 aliphatic rings. The van der Waals surface area contributed by atoms with Crippen molar-refractivity contribution in [3.8, 4) is 0 Å². The molecule has 3 aromatic rings. The Morgan fingerprint density at radius 3 is 2.88 bits per heavy atom. The zero-order valence-electron chi connectivity index (χ0n) is 13.2. The number of aromatic nitrogens is 4. The van der Waals surface area contributed by atoms with Gasteiger partial charge in [0.25, 0.3) is 0 Å². The molecule has 1 aliphatic heterocycles. The molecule has 1 aromatic carbocycles. The summed E-state index contributed by atoms with van der Waals surface area (Å²) >= 11 is 0. The summed E-state index contributed by atoms with van der Waals surface area (Å²) in [5.41, 5.74) is 2.72. The first-order chi connectivity index (χ1) is 11.8. The quantitative estimate of drug-likeness (QED) is 0.743. The van der Waals surface area contributed by atoms with Gasteiger partial charge in [-0.3, -0.25) is 0 Å². The predicted octanol–water partition coefficient (Wildman–Crippen LogP) is 1.76. The monoisotopic (exact) mass is 325 g/mol. The van der Waals surface area contributed by atoms with E-state index < -0.39 is 0 Å². The van der Waals surface area contributed by atoms with E-state index in [-0.39, 0.29) is 18.8 Å². The van der Waals surface area contributed by atoms with E-state index in [0.717, 1.165) is 23.4 Å². The standard InChI is InChI=1S/C17H19N5O2/c23-8-14-6-13(9-24-14)22-11-21-15-16(19-10-20-17(15)22)18-7-12-4-2-1-3-5-12/h1-5,10-11,13-14,23H,6-9H2,(H,18,19,20)/t13?,14-/m0/s1. The van der Waals surface area contributed by atoms with Gasteiger partial charge in [-0.2, -0.15) is 0 Å². The summed E-state index contributed by atoms with van der Waals surface area (Å²) in [5.74, 6) is 0.722. The Labute approximate surface area is 139 Å². The minimum Gasteiger partial charge on any atom is -0.394 e. The van der Waals surface area contributed by atoms with Crippen LogP contribution in [0, 0.1) is 0 Å². The highest BCUT2D eigenvalue weighted by Crippen LogP contribution is 2.28. The van der Waals surface area contributed by atoms with Gasteiger partial charge in [0.1, 0.15) is 11.8 Å². The zero-order valence-corrected chi connectivity index (χ0v) is 13.2. The van der Waals surface area contributed by atoms with Crippen molar-refractivity contribution in [1.82, 2.24) is 19.5 Å². The normalized spacial score (nSPS) is 20.5. The summed E-state index contributed by atoms with van der Waals surface area (Å²) < 4.78 is 7.58. The molecule has 7 nitrogen and oxygen atoms in total.